The first-order chi connectivity index (χ1) is 13.2. The second kappa shape index (κ2) is 9.26. The van der Waals surface area contributed by atoms with Crippen molar-refractivity contribution < 1.29 is 32.8 Å². The van der Waals surface area contributed by atoms with E-state index in [0.717, 1.165) is 19.2 Å². The summed E-state index contributed by atoms with van der Waals surface area (Å²) in [5.74, 6) is -1.95. The van der Waals surface area contributed by atoms with Gasteiger partial charge in [0.25, 0.3) is 11.6 Å². The van der Waals surface area contributed by atoms with Gasteiger partial charge in [0.05, 0.1) is 24.6 Å². The predicted octanol–water partition coefficient (Wildman–Crippen LogP) is 0.884. The number of ether oxygens (including phenoxy) is 2. The molecular weight excluding hydrogens is 382 g/mol. The molecule has 0 atom stereocenters. The van der Waals surface area contributed by atoms with Crippen LogP contribution in [0, 0.1) is 10.1 Å². The van der Waals surface area contributed by atoms with Gasteiger partial charge in [0.1, 0.15) is 5.56 Å². The van der Waals surface area contributed by atoms with Crippen molar-refractivity contribution in [3.63, 3.8) is 0 Å². The minimum Gasteiger partial charge on any atom is -0.493 e. The molecule has 0 bridgehead atoms. The summed E-state index contributed by atoms with van der Waals surface area (Å²) < 4.78 is 34.1. The molecule has 12 heteroatoms. The Labute approximate surface area is 158 Å². The third-order valence-corrected chi connectivity index (χ3v) is 4.24. The zero-order chi connectivity index (χ0) is 20.8. The van der Waals surface area contributed by atoms with Gasteiger partial charge in [0, 0.05) is 25.2 Å². The Morgan fingerprint density at radius 1 is 1.36 bits per heavy atom. The summed E-state index contributed by atoms with van der Waals surface area (Å²) in [6.45, 7) is -2.03. The first kappa shape index (κ1) is 21.3. The van der Waals surface area contributed by atoms with E-state index in [1.165, 1.54) is 0 Å². The Balaban J connectivity index is 2.16. The van der Waals surface area contributed by atoms with Crippen molar-refractivity contribution in [2.45, 2.75) is 25.5 Å². The fraction of sp³-hybridized carbons (Fsp3) is 0.500. The van der Waals surface area contributed by atoms with Crippen LogP contribution in [0.5, 0.6) is 11.5 Å². The Hall–Kier alpha value is -3.02. The van der Waals surface area contributed by atoms with Gasteiger partial charge in [-0.1, -0.05) is 0 Å². The van der Waals surface area contributed by atoms with E-state index in [4.69, 9.17) is 10.5 Å². The molecule has 1 saturated heterocycles. The van der Waals surface area contributed by atoms with E-state index in [1.54, 1.807) is 0 Å². The second-order valence-electron chi connectivity index (χ2n) is 6.15. The third kappa shape index (κ3) is 5.49. The summed E-state index contributed by atoms with van der Waals surface area (Å²) in [5, 5.41) is 14.0. The number of nitro groups is 1. The highest BCUT2D eigenvalue weighted by atomic mass is 19.3. The van der Waals surface area contributed by atoms with Crippen LogP contribution in [0.2, 0.25) is 0 Å². The van der Waals surface area contributed by atoms with Crippen LogP contribution >= 0.6 is 0 Å². The number of benzene rings is 1. The van der Waals surface area contributed by atoms with E-state index in [1.807, 2.05) is 4.90 Å². The molecule has 0 radical (unpaired) electrons. The maximum Gasteiger partial charge on any atom is 0.387 e. The van der Waals surface area contributed by atoms with Gasteiger partial charge in [-0.2, -0.15) is 8.78 Å². The molecule has 28 heavy (non-hydrogen) atoms. The van der Waals surface area contributed by atoms with Crippen molar-refractivity contribution in [2.75, 3.05) is 26.7 Å². The van der Waals surface area contributed by atoms with E-state index >= 15 is 0 Å². The number of nitro benzene ring substituents is 1. The monoisotopic (exact) mass is 402 g/mol. The predicted molar refractivity (Wildman–Crippen MR) is 92.4 cm³/mol. The maximum absolute atomic E-state index is 12.6. The van der Waals surface area contributed by atoms with Crippen molar-refractivity contribution in [3.05, 3.63) is 27.8 Å². The molecule has 1 aliphatic heterocycles. The number of carbonyl (C=O) groups is 2. The molecule has 0 spiro atoms. The summed E-state index contributed by atoms with van der Waals surface area (Å²) in [4.78, 5) is 35.8. The molecule has 0 aliphatic carbocycles. The van der Waals surface area contributed by atoms with Crippen molar-refractivity contribution in [1.82, 2.24) is 10.2 Å². The molecule has 3 N–H and O–H groups in total. The number of carbonyl (C=O) groups excluding carboxylic acids is 2. The lowest BCUT2D eigenvalue weighted by Crippen LogP contribution is -2.46. The first-order valence-corrected chi connectivity index (χ1v) is 8.34. The molecule has 2 amide bonds. The fourth-order valence-corrected chi connectivity index (χ4v) is 2.95. The quantitative estimate of drug-likeness (QED) is 0.486. The number of halogens is 2. The van der Waals surface area contributed by atoms with Gasteiger partial charge < -0.3 is 20.5 Å². The highest BCUT2D eigenvalue weighted by molar-refractivity contribution is 5.99. The second-order valence-corrected chi connectivity index (χ2v) is 6.15. The number of amides is 2. The molecule has 1 aliphatic rings. The molecule has 1 aromatic rings. The van der Waals surface area contributed by atoms with Crippen LogP contribution in [0.4, 0.5) is 14.5 Å². The Kier molecular flexibility index (Phi) is 7.04. The van der Waals surface area contributed by atoms with Gasteiger partial charge in [0.2, 0.25) is 5.91 Å². The van der Waals surface area contributed by atoms with E-state index < -0.39 is 34.8 Å². The summed E-state index contributed by atoms with van der Waals surface area (Å²) in [6, 6.07) is 1.46. The Morgan fingerprint density at radius 3 is 2.50 bits per heavy atom. The van der Waals surface area contributed by atoms with Crippen LogP contribution in [0.25, 0.3) is 0 Å². The van der Waals surface area contributed by atoms with E-state index in [0.29, 0.717) is 25.9 Å². The molecule has 10 nitrogen and oxygen atoms in total. The smallest absolute Gasteiger partial charge is 0.387 e. The number of nitrogens with two attached hydrogens (primary N) is 1. The summed E-state index contributed by atoms with van der Waals surface area (Å²) in [7, 11) is 1.16. The number of hydrogen-bond donors (Lipinski definition) is 2. The molecule has 1 fully saturated rings. The lowest BCUT2D eigenvalue weighted by Gasteiger charge is -2.31. The minimum atomic E-state index is -3.21. The van der Waals surface area contributed by atoms with E-state index in [-0.39, 0.29) is 23.9 Å². The molecule has 1 heterocycles. The number of nitrogens with zero attached hydrogens (tertiary/aromatic N) is 2. The summed E-state index contributed by atoms with van der Waals surface area (Å²) in [5.41, 5.74) is 4.14. The highest BCUT2D eigenvalue weighted by Gasteiger charge is 2.28. The van der Waals surface area contributed by atoms with Crippen molar-refractivity contribution >= 4 is 17.5 Å². The van der Waals surface area contributed by atoms with E-state index in [2.05, 4.69) is 10.1 Å². The normalized spacial score (nSPS) is 15.3. The molecule has 1 aromatic carbocycles. The van der Waals surface area contributed by atoms with Crippen molar-refractivity contribution in [3.8, 4) is 11.5 Å². The van der Waals surface area contributed by atoms with Crippen LogP contribution in [0.3, 0.4) is 0 Å². The Morgan fingerprint density at radius 2 is 2.00 bits per heavy atom. The van der Waals surface area contributed by atoms with Gasteiger partial charge in [-0.3, -0.25) is 24.6 Å². The number of primary amides is 1. The van der Waals surface area contributed by atoms with Crippen LogP contribution in [0.15, 0.2) is 12.1 Å². The third-order valence-electron chi connectivity index (χ3n) is 4.24. The summed E-state index contributed by atoms with van der Waals surface area (Å²) in [6.07, 6.45) is 1.05. The zero-order valence-electron chi connectivity index (χ0n) is 15.0. The fourth-order valence-electron chi connectivity index (χ4n) is 2.95. The SMILES string of the molecule is COc1cc(C(=O)NC2CCN(CC(N)=O)CC2)c([N+](=O)[O-])cc1OC(F)F. The van der Waals surface area contributed by atoms with Gasteiger partial charge in [-0.15, -0.1) is 0 Å². The number of nitrogens with one attached hydrogen (secondary N) is 1. The van der Waals surface area contributed by atoms with Crippen molar-refractivity contribution in [2.24, 2.45) is 5.73 Å². The number of hydrogen-bond acceptors (Lipinski definition) is 7. The van der Waals surface area contributed by atoms with Gasteiger partial charge in [0.15, 0.2) is 11.5 Å². The molecular formula is C16H20F2N4O6. The first-order valence-electron chi connectivity index (χ1n) is 8.34. The van der Waals surface area contributed by atoms with Gasteiger partial charge in [-0.05, 0) is 12.8 Å². The van der Waals surface area contributed by atoms with Crippen LogP contribution < -0.4 is 20.5 Å². The number of piperidine rings is 1. The molecule has 154 valence electrons. The largest absolute Gasteiger partial charge is 0.493 e. The average molecular weight is 402 g/mol. The van der Waals surface area contributed by atoms with Gasteiger partial charge in [-0.25, -0.2) is 0 Å². The molecule has 2 rings (SSSR count). The zero-order valence-corrected chi connectivity index (χ0v) is 15.0. The Bertz CT molecular complexity index is 753. The minimum absolute atomic E-state index is 0.120. The number of rotatable bonds is 8. The molecule has 0 saturated carbocycles. The lowest BCUT2D eigenvalue weighted by molar-refractivity contribution is -0.385. The number of alkyl halides is 2. The number of methoxy groups -OCH3 is 1. The molecule has 0 aromatic heterocycles. The average Bonchev–Trinajstić information content (AvgIpc) is 2.62. The van der Waals surface area contributed by atoms with Crippen LogP contribution in [-0.4, -0.2) is 61.0 Å². The van der Waals surface area contributed by atoms with Gasteiger partial charge >= 0.3 is 6.61 Å². The topological polar surface area (TPSA) is 137 Å². The standard InChI is InChI=1S/C16H20F2N4O6/c1-27-12-6-10(11(22(25)26)7-13(12)28-16(17)18)15(24)20-9-2-4-21(5-3-9)8-14(19)23/h6-7,9,16H,2-5,8H2,1H3,(H2,19,23)(H,20,24). The summed E-state index contributed by atoms with van der Waals surface area (Å²) >= 11 is 0. The van der Waals surface area contributed by atoms with Crippen LogP contribution in [0.1, 0.15) is 23.2 Å². The highest BCUT2D eigenvalue weighted by Crippen LogP contribution is 2.35. The lowest BCUT2D eigenvalue weighted by atomic mass is 10.0. The number of likely N-dealkylation sites (tertiary alicyclic amines) is 1. The molecule has 0 unspecified atom stereocenters. The van der Waals surface area contributed by atoms with Crippen molar-refractivity contribution in [1.29, 1.82) is 0 Å². The van der Waals surface area contributed by atoms with Crippen LogP contribution in [-0.2, 0) is 4.79 Å². The maximum atomic E-state index is 12.6. The van der Waals surface area contributed by atoms with E-state index in [9.17, 15) is 28.5 Å².